The van der Waals surface area contributed by atoms with Crippen LogP contribution in [0.15, 0.2) is 18.5 Å². The maximum Gasteiger partial charge on any atom is 0.148 e. The number of pyridine rings is 1. The summed E-state index contributed by atoms with van der Waals surface area (Å²) in [5.74, 6) is 7.67. The maximum absolute atomic E-state index is 6.25. The van der Waals surface area contributed by atoms with E-state index in [2.05, 4.69) is 22.1 Å². The van der Waals surface area contributed by atoms with E-state index in [4.69, 9.17) is 15.2 Å². The van der Waals surface area contributed by atoms with Crippen molar-refractivity contribution >= 4 is 5.70 Å². The number of hydrogen-bond donors (Lipinski definition) is 2. The second-order valence-corrected chi connectivity index (χ2v) is 7.28. The van der Waals surface area contributed by atoms with Gasteiger partial charge in [0.2, 0.25) is 0 Å². The number of aromatic nitrogens is 1. The zero-order chi connectivity index (χ0) is 18.4. The van der Waals surface area contributed by atoms with Gasteiger partial charge < -0.3 is 20.5 Å². The highest BCUT2D eigenvalue weighted by Crippen LogP contribution is 2.28. The number of ether oxygens (including phenoxy) is 2. The van der Waals surface area contributed by atoms with Gasteiger partial charge >= 0.3 is 0 Å². The van der Waals surface area contributed by atoms with Crippen LogP contribution in [0.25, 0.3) is 5.70 Å². The molecule has 0 radical (unpaired) electrons. The molecule has 1 aliphatic carbocycles. The summed E-state index contributed by atoms with van der Waals surface area (Å²) in [5.41, 5.74) is 8.32. The van der Waals surface area contributed by atoms with Gasteiger partial charge in [0.1, 0.15) is 11.4 Å². The second-order valence-electron chi connectivity index (χ2n) is 7.28. The van der Waals surface area contributed by atoms with Crippen LogP contribution in [0.5, 0.6) is 5.75 Å². The molecule has 0 bridgehead atoms. The Labute approximate surface area is 156 Å². The molecular formula is C21H29N3O2. The summed E-state index contributed by atoms with van der Waals surface area (Å²) >= 11 is 0. The highest BCUT2D eigenvalue weighted by molar-refractivity contribution is 5.65. The van der Waals surface area contributed by atoms with Crippen molar-refractivity contribution in [2.75, 3.05) is 13.2 Å². The fraction of sp³-hybridized carbons (Fsp3) is 0.571. The van der Waals surface area contributed by atoms with E-state index < -0.39 is 0 Å². The number of nitrogens with one attached hydrogen (secondary N) is 1. The molecule has 1 atom stereocenters. The van der Waals surface area contributed by atoms with Crippen LogP contribution in [0.1, 0.15) is 57.2 Å². The van der Waals surface area contributed by atoms with Crippen LogP contribution in [0.3, 0.4) is 0 Å². The van der Waals surface area contributed by atoms with E-state index in [1.807, 2.05) is 19.9 Å². The Morgan fingerprint density at radius 2 is 2.27 bits per heavy atom. The molecule has 2 aliphatic rings. The Morgan fingerprint density at radius 3 is 2.96 bits per heavy atom. The van der Waals surface area contributed by atoms with Gasteiger partial charge in [0.15, 0.2) is 0 Å². The molecule has 5 heteroatoms. The third kappa shape index (κ3) is 5.67. The van der Waals surface area contributed by atoms with Gasteiger partial charge in [-0.2, -0.15) is 0 Å². The van der Waals surface area contributed by atoms with E-state index >= 15 is 0 Å². The van der Waals surface area contributed by atoms with E-state index in [-0.39, 0.29) is 12.2 Å². The lowest BCUT2D eigenvalue weighted by Crippen LogP contribution is -2.29. The molecule has 0 amide bonds. The average molecular weight is 355 g/mol. The van der Waals surface area contributed by atoms with Crippen molar-refractivity contribution in [3.63, 3.8) is 0 Å². The van der Waals surface area contributed by atoms with Crippen molar-refractivity contribution in [3.05, 3.63) is 29.7 Å². The van der Waals surface area contributed by atoms with Gasteiger partial charge in [0.25, 0.3) is 0 Å². The third-order valence-corrected chi connectivity index (χ3v) is 4.36. The standard InChI is InChI=1S/C21H29N3O2/c1-15(2)26-20-11-17(9-8-16-6-7-16)12-24-21(20)19(22)14-23-13-18-5-3-4-10-25-18/h11-12,14-16,18,23H,3-7,10,13,22H2,1-2H3/b19-14-. The third-order valence-electron chi connectivity index (χ3n) is 4.36. The topological polar surface area (TPSA) is 69.4 Å². The van der Waals surface area contributed by atoms with Gasteiger partial charge in [-0.15, -0.1) is 0 Å². The monoisotopic (exact) mass is 355 g/mol. The van der Waals surface area contributed by atoms with Crippen molar-refractivity contribution in [2.24, 2.45) is 11.7 Å². The van der Waals surface area contributed by atoms with Crippen LogP contribution in [0.2, 0.25) is 0 Å². The highest BCUT2D eigenvalue weighted by atomic mass is 16.5. The van der Waals surface area contributed by atoms with Gasteiger partial charge in [-0.25, -0.2) is 4.98 Å². The minimum absolute atomic E-state index is 0.0404. The normalized spacial score (nSPS) is 20.4. The molecule has 3 N–H and O–H groups in total. The summed E-state index contributed by atoms with van der Waals surface area (Å²) in [7, 11) is 0. The van der Waals surface area contributed by atoms with Gasteiger partial charge in [-0.3, -0.25) is 0 Å². The summed E-state index contributed by atoms with van der Waals surface area (Å²) in [4.78, 5) is 4.50. The van der Waals surface area contributed by atoms with Crippen LogP contribution >= 0.6 is 0 Å². The zero-order valence-corrected chi connectivity index (χ0v) is 15.8. The van der Waals surface area contributed by atoms with Gasteiger partial charge in [0, 0.05) is 37.0 Å². The van der Waals surface area contributed by atoms with Gasteiger partial charge in [-0.1, -0.05) is 11.8 Å². The first-order valence-electron chi connectivity index (χ1n) is 9.61. The highest BCUT2D eigenvalue weighted by Gasteiger charge is 2.18. The van der Waals surface area contributed by atoms with Crippen molar-refractivity contribution in [2.45, 2.75) is 58.2 Å². The molecule has 2 fully saturated rings. The zero-order valence-electron chi connectivity index (χ0n) is 15.8. The lowest BCUT2D eigenvalue weighted by atomic mass is 10.1. The first kappa shape index (κ1) is 18.6. The Morgan fingerprint density at radius 1 is 1.42 bits per heavy atom. The molecule has 1 saturated carbocycles. The van der Waals surface area contributed by atoms with E-state index in [0.717, 1.165) is 31.6 Å². The Hall–Kier alpha value is -2.19. The molecule has 1 unspecified atom stereocenters. The molecule has 1 saturated heterocycles. The molecular weight excluding hydrogens is 326 g/mol. The van der Waals surface area contributed by atoms with Crippen molar-refractivity contribution in [1.82, 2.24) is 10.3 Å². The van der Waals surface area contributed by atoms with E-state index in [1.54, 1.807) is 12.4 Å². The fourth-order valence-electron chi connectivity index (χ4n) is 2.82. The molecule has 26 heavy (non-hydrogen) atoms. The molecule has 2 heterocycles. The van der Waals surface area contributed by atoms with E-state index in [1.165, 1.54) is 19.3 Å². The largest absolute Gasteiger partial charge is 0.489 e. The summed E-state index contributed by atoms with van der Waals surface area (Å²) in [6.45, 7) is 5.59. The Kier molecular flexibility index (Phi) is 6.40. The predicted molar refractivity (Wildman–Crippen MR) is 103 cm³/mol. The first-order chi connectivity index (χ1) is 12.6. The molecule has 1 aromatic rings. The second kappa shape index (κ2) is 8.95. The fourth-order valence-corrected chi connectivity index (χ4v) is 2.82. The van der Waals surface area contributed by atoms with Gasteiger partial charge in [-0.05, 0) is 52.0 Å². The van der Waals surface area contributed by atoms with Crippen molar-refractivity contribution < 1.29 is 9.47 Å². The lowest BCUT2D eigenvalue weighted by Gasteiger charge is -2.22. The lowest BCUT2D eigenvalue weighted by molar-refractivity contribution is 0.0188. The Balaban J connectivity index is 1.69. The summed E-state index contributed by atoms with van der Waals surface area (Å²) < 4.78 is 11.6. The van der Waals surface area contributed by atoms with Crippen LogP contribution in [-0.4, -0.2) is 30.3 Å². The number of rotatable bonds is 6. The van der Waals surface area contributed by atoms with Crippen molar-refractivity contribution in [1.29, 1.82) is 0 Å². The predicted octanol–water partition coefficient (Wildman–Crippen LogP) is 3.05. The first-order valence-corrected chi connectivity index (χ1v) is 9.61. The molecule has 5 nitrogen and oxygen atoms in total. The molecule has 3 rings (SSSR count). The summed E-state index contributed by atoms with van der Waals surface area (Å²) in [6.07, 6.45) is 9.75. The maximum atomic E-state index is 6.25. The molecule has 0 spiro atoms. The minimum atomic E-state index is 0.0404. The summed E-state index contributed by atoms with van der Waals surface area (Å²) in [5, 5.41) is 3.26. The summed E-state index contributed by atoms with van der Waals surface area (Å²) in [6, 6.07) is 1.93. The molecule has 1 aromatic heterocycles. The Bertz CT molecular complexity index is 693. The van der Waals surface area contributed by atoms with Crippen LogP contribution < -0.4 is 15.8 Å². The van der Waals surface area contributed by atoms with Crippen LogP contribution in [0, 0.1) is 17.8 Å². The minimum Gasteiger partial charge on any atom is -0.489 e. The van der Waals surface area contributed by atoms with Gasteiger partial charge in [0.05, 0.1) is 17.9 Å². The van der Waals surface area contributed by atoms with E-state index in [0.29, 0.717) is 23.1 Å². The number of nitrogens with two attached hydrogens (primary N) is 1. The van der Waals surface area contributed by atoms with Crippen molar-refractivity contribution in [3.8, 4) is 17.6 Å². The van der Waals surface area contributed by atoms with E-state index in [9.17, 15) is 0 Å². The van der Waals surface area contributed by atoms with Crippen LogP contribution in [0.4, 0.5) is 0 Å². The number of nitrogens with zero attached hydrogens (tertiary/aromatic N) is 1. The SMILES string of the molecule is CC(C)Oc1cc(C#CC2CC2)cnc1/C(N)=C/NCC1CCCCO1. The average Bonchev–Trinajstić information content (AvgIpc) is 3.45. The smallest absolute Gasteiger partial charge is 0.148 e. The quantitative estimate of drug-likeness (QED) is 0.768. The van der Waals surface area contributed by atoms with Crippen LogP contribution in [-0.2, 0) is 4.74 Å². The number of hydrogen-bond acceptors (Lipinski definition) is 5. The molecule has 0 aromatic carbocycles. The molecule has 1 aliphatic heterocycles. The molecule has 140 valence electrons.